The van der Waals surface area contributed by atoms with Gasteiger partial charge in [0, 0.05) is 13.7 Å². The van der Waals surface area contributed by atoms with E-state index in [1.807, 2.05) is 0 Å². The molecule has 1 atom stereocenters. The first-order valence-electron chi connectivity index (χ1n) is 5.04. The summed E-state index contributed by atoms with van der Waals surface area (Å²) in [4.78, 5) is 15.7. The van der Waals surface area contributed by atoms with Crippen molar-refractivity contribution in [2.24, 2.45) is 5.73 Å². The van der Waals surface area contributed by atoms with Gasteiger partial charge >= 0.3 is 0 Å². The van der Waals surface area contributed by atoms with Crippen molar-refractivity contribution in [3.05, 3.63) is 12.2 Å². The van der Waals surface area contributed by atoms with Crippen LogP contribution in [0, 0.1) is 0 Å². The van der Waals surface area contributed by atoms with Gasteiger partial charge in [-0.25, -0.2) is 9.67 Å². The summed E-state index contributed by atoms with van der Waals surface area (Å²) in [5.41, 5.74) is 5.38. The molecular formula is C9H15N5O2S. The van der Waals surface area contributed by atoms with E-state index >= 15 is 0 Å². The van der Waals surface area contributed by atoms with Crippen LogP contribution < -0.4 is 11.1 Å². The average Bonchev–Trinajstić information content (AvgIpc) is 2.77. The maximum Gasteiger partial charge on any atom is 0.244 e. The van der Waals surface area contributed by atoms with Gasteiger partial charge < -0.3 is 15.8 Å². The van der Waals surface area contributed by atoms with Crippen molar-refractivity contribution in [2.75, 3.05) is 20.3 Å². The number of rotatable bonds is 6. The highest BCUT2D eigenvalue weighted by atomic mass is 32.1. The number of ether oxygens (including phenoxy) is 1. The van der Waals surface area contributed by atoms with Gasteiger partial charge in [0.15, 0.2) is 0 Å². The Morgan fingerprint density at radius 3 is 3.00 bits per heavy atom. The highest BCUT2D eigenvalue weighted by Gasteiger charge is 2.16. The average molecular weight is 257 g/mol. The largest absolute Gasteiger partial charge is 0.387 e. The summed E-state index contributed by atoms with van der Waals surface area (Å²) < 4.78 is 6.24. The van der Waals surface area contributed by atoms with E-state index in [1.54, 1.807) is 14.0 Å². The first-order chi connectivity index (χ1) is 8.06. The summed E-state index contributed by atoms with van der Waals surface area (Å²) in [6, 6.07) is -0.470. The van der Waals surface area contributed by atoms with E-state index in [0.717, 1.165) is 0 Å². The second kappa shape index (κ2) is 6.26. The fourth-order valence-electron chi connectivity index (χ4n) is 1.12. The number of thiocarbonyl (C=S) groups is 1. The Kier molecular flexibility index (Phi) is 4.98. The molecule has 0 aliphatic heterocycles. The van der Waals surface area contributed by atoms with Crippen LogP contribution in [0.4, 0.5) is 0 Å². The van der Waals surface area contributed by atoms with Gasteiger partial charge in [0.2, 0.25) is 11.7 Å². The highest BCUT2D eigenvalue weighted by Crippen LogP contribution is 2.03. The van der Waals surface area contributed by atoms with E-state index in [1.165, 1.54) is 11.0 Å². The molecule has 0 radical (unpaired) electrons. The van der Waals surface area contributed by atoms with Crippen LogP contribution in [-0.4, -0.2) is 45.9 Å². The molecule has 17 heavy (non-hydrogen) atoms. The molecule has 0 aromatic carbocycles. The number of nitrogens with two attached hydrogens (primary N) is 1. The number of aromatic nitrogens is 3. The third-order valence-corrected chi connectivity index (χ3v) is 2.29. The van der Waals surface area contributed by atoms with Crippen molar-refractivity contribution in [1.82, 2.24) is 20.1 Å². The van der Waals surface area contributed by atoms with E-state index in [9.17, 15) is 4.79 Å². The van der Waals surface area contributed by atoms with Crippen LogP contribution >= 0.6 is 12.2 Å². The minimum absolute atomic E-state index is 0.107. The predicted octanol–water partition coefficient (Wildman–Crippen LogP) is -0.764. The van der Waals surface area contributed by atoms with Crippen LogP contribution in [0.3, 0.4) is 0 Å². The Balaban J connectivity index is 2.58. The summed E-state index contributed by atoms with van der Waals surface area (Å²) in [6.45, 7) is 2.63. The smallest absolute Gasteiger partial charge is 0.244 e. The zero-order valence-electron chi connectivity index (χ0n) is 9.71. The van der Waals surface area contributed by atoms with Gasteiger partial charge in [0.25, 0.3) is 0 Å². The Morgan fingerprint density at radius 2 is 2.47 bits per heavy atom. The van der Waals surface area contributed by atoms with Crippen molar-refractivity contribution in [1.29, 1.82) is 0 Å². The Hall–Kier alpha value is -1.54. The fourth-order valence-corrected chi connectivity index (χ4v) is 1.21. The molecule has 0 saturated carbocycles. The van der Waals surface area contributed by atoms with Gasteiger partial charge in [-0.2, -0.15) is 0 Å². The first-order valence-corrected chi connectivity index (χ1v) is 5.44. The number of hydrogen-bond donors (Lipinski definition) is 2. The Bertz CT molecular complexity index is 406. The van der Waals surface area contributed by atoms with E-state index in [0.29, 0.717) is 13.2 Å². The molecule has 0 bridgehead atoms. The molecule has 8 heteroatoms. The molecule has 1 aromatic rings. The molecule has 1 aromatic heterocycles. The van der Waals surface area contributed by atoms with Crippen LogP contribution in [0.2, 0.25) is 0 Å². The molecule has 3 N–H and O–H groups in total. The number of amides is 1. The quantitative estimate of drug-likeness (QED) is 0.513. The highest BCUT2D eigenvalue weighted by molar-refractivity contribution is 7.80. The van der Waals surface area contributed by atoms with Gasteiger partial charge in [-0.15, -0.1) is 5.10 Å². The van der Waals surface area contributed by atoms with Gasteiger partial charge in [-0.3, -0.25) is 4.79 Å². The van der Waals surface area contributed by atoms with Crippen molar-refractivity contribution in [3.8, 4) is 0 Å². The second-order valence-corrected chi connectivity index (χ2v) is 3.81. The van der Waals surface area contributed by atoms with Crippen molar-refractivity contribution >= 4 is 23.1 Å². The van der Waals surface area contributed by atoms with Crippen LogP contribution in [0.5, 0.6) is 0 Å². The standard InChI is InChI=1S/C9H15N5O2S/c1-6(9(15)11-3-4-16-2)14-5-12-8(13-14)7(10)17/h5-6H,3-4H2,1-2H3,(H2,10,17)(H,11,15). The van der Waals surface area contributed by atoms with E-state index in [-0.39, 0.29) is 16.7 Å². The minimum atomic E-state index is -0.470. The number of nitrogens with one attached hydrogen (secondary N) is 1. The second-order valence-electron chi connectivity index (χ2n) is 3.37. The Morgan fingerprint density at radius 1 is 1.76 bits per heavy atom. The summed E-state index contributed by atoms with van der Waals surface area (Å²) in [6.07, 6.45) is 1.43. The Labute approximate surface area is 104 Å². The number of carbonyl (C=O) groups is 1. The zero-order valence-corrected chi connectivity index (χ0v) is 10.5. The molecule has 1 rings (SSSR count). The number of hydrogen-bond acceptors (Lipinski definition) is 5. The summed E-state index contributed by atoms with van der Waals surface area (Å²) in [5, 5.41) is 6.71. The summed E-state index contributed by atoms with van der Waals surface area (Å²) >= 11 is 4.74. The van der Waals surface area contributed by atoms with E-state index in [4.69, 9.17) is 22.7 Å². The lowest BCUT2D eigenvalue weighted by Gasteiger charge is -2.11. The van der Waals surface area contributed by atoms with Crippen LogP contribution in [-0.2, 0) is 9.53 Å². The number of methoxy groups -OCH3 is 1. The topological polar surface area (TPSA) is 95.1 Å². The van der Waals surface area contributed by atoms with E-state index in [2.05, 4.69) is 15.4 Å². The monoisotopic (exact) mass is 257 g/mol. The fraction of sp³-hybridized carbons (Fsp3) is 0.556. The molecule has 1 unspecified atom stereocenters. The molecule has 0 fully saturated rings. The SMILES string of the molecule is COCCNC(=O)C(C)n1cnc(C(N)=S)n1. The van der Waals surface area contributed by atoms with Crippen LogP contribution in [0.1, 0.15) is 18.8 Å². The molecular weight excluding hydrogens is 242 g/mol. The molecule has 1 amide bonds. The molecule has 0 aliphatic carbocycles. The third kappa shape index (κ3) is 3.75. The summed E-state index contributed by atoms with van der Waals surface area (Å²) in [5.74, 6) is 0.0954. The lowest BCUT2D eigenvalue weighted by atomic mass is 10.3. The number of carbonyl (C=O) groups excluding carboxylic acids is 1. The van der Waals surface area contributed by atoms with Crippen molar-refractivity contribution in [2.45, 2.75) is 13.0 Å². The number of nitrogens with zero attached hydrogens (tertiary/aromatic N) is 3. The molecule has 0 aliphatic rings. The maximum absolute atomic E-state index is 11.7. The van der Waals surface area contributed by atoms with Crippen molar-refractivity contribution in [3.63, 3.8) is 0 Å². The van der Waals surface area contributed by atoms with Gasteiger partial charge in [-0.05, 0) is 6.92 Å². The maximum atomic E-state index is 11.7. The minimum Gasteiger partial charge on any atom is -0.387 e. The molecule has 7 nitrogen and oxygen atoms in total. The molecule has 94 valence electrons. The van der Waals surface area contributed by atoms with E-state index < -0.39 is 6.04 Å². The normalized spacial score (nSPS) is 12.1. The summed E-state index contributed by atoms with van der Waals surface area (Å²) in [7, 11) is 1.57. The predicted molar refractivity (Wildman–Crippen MR) is 65.5 cm³/mol. The first kappa shape index (κ1) is 13.5. The van der Waals surface area contributed by atoms with Crippen LogP contribution in [0.15, 0.2) is 6.33 Å². The zero-order chi connectivity index (χ0) is 12.8. The lowest BCUT2D eigenvalue weighted by molar-refractivity contribution is -0.124. The third-order valence-electron chi connectivity index (χ3n) is 2.11. The molecule has 0 spiro atoms. The van der Waals surface area contributed by atoms with Gasteiger partial charge in [-0.1, -0.05) is 12.2 Å². The van der Waals surface area contributed by atoms with Gasteiger partial charge in [0.05, 0.1) is 6.61 Å². The molecule has 1 heterocycles. The van der Waals surface area contributed by atoms with Gasteiger partial charge in [0.1, 0.15) is 17.4 Å². The van der Waals surface area contributed by atoms with Crippen molar-refractivity contribution < 1.29 is 9.53 Å². The van der Waals surface area contributed by atoms with Crippen LogP contribution in [0.25, 0.3) is 0 Å². The lowest BCUT2D eigenvalue weighted by Crippen LogP contribution is -2.33. The molecule has 0 saturated heterocycles.